The Morgan fingerprint density at radius 1 is 0.806 bits per heavy atom. The molecule has 0 bridgehead atoms. The maximum absolute atomic E-state index is 6.34. The number of hydrogen-bond acceptors (Lipinski definition) is 2. The first-order valence-electron chi connectivity index (χ1n) is 11.2. The zero-order valence-corrected chi connectivity index (χ0v) is 18.0. The molecule has 1 unspecified atom stereocenters. The molecule has 1 fully saturated rings. The molecule has 0 N–H and O–H groups in total. The molecule has 0 aromatic heterocycles. The largest absolute Gasteiger partial charge is 0.488 e. The Labute approximate surface area is 185 Å². The van der Waals surface area contributed by atoms with Gasteiger partial charge >= 0.3 is 0 Å². The molecule has 0 spiro atoms. The van der Waals surface area contributed by atoms with E-state index in [1.807, 2.05) is 0 Å². The van der Waals surface area contributed by atoms with Gasteiger partial charge in [0, 0.05) is 18.5 Å². The van der Waals surface area contributed by atoms with Crippen LogP contribution in [0.2, 0.25) is 0 Å². The van der Waals surface area contributed by atoms with Crippen LogP contribution in [0.25, 0.3) is 0 Å². The highest BCUT2D eigenvalue weighted by Gasteiger charge is 2.36. The van der Waals surface area contributed by atoms with E-state index in [0.29, 0.717) is 0 Å². The highest BCUT2D eigenvalue weighted by Crippen LogP contribution is 2.36. The normalized spacial score (nSPS) is 21.5. The maximum atomic E-state index is 6.34. The molecule has 1 atom stereocenters. The zero-order chi connectivity index (χ0) is 21.1. The van der Waals surface area contributed by atoms with Crippen LogP contribution in [0.5, 0.6) is 0 Å². The number of ether oxygens (including phenoxy) is 1. The van der Waals surface area contributed by atoms with E-state index in [2.05, 4.69) is 121 Å². The minimum atomic E-state index is 0.0471. The van der Waals surface area contributed by atoms with Crippen molar-refractivity contribution in [1.29, 1.82) is 0 Å². The Bertz CT molecular complexity index is 1010. The van der Waals surface area contributed by atoms with Crippen LogP contribution in [-0.2, 0) is 10.2 Å². The molecule has 1 aliphatic heterocycles. The lowest BCUT2D eigenvalue weighted by molar-refractivity contribution is -0.0338. The van der Waals surface area contributed by atoms with Gasteiger partial charge in [-0.25, -0.2) is 0 Å². The van der Waals surface area contributed by atoms with Crippen LogP contribution in [0.3, 0.4) is 0 Å². The van der Waals surface area contributed by atoms with Crippen LogP contribution in [0.15, 0.2) is 115 Å². The Morgan fingerprint density at radius 2 is 1.35 bits per heavy atom. The van der Waals surface area contributed by atoms with Crippen molar-refractivity contribution in [1.82, 2.24) is 4.90 Å². The molecular weight excluding hydrogens is 378 g/mol. The van der Waals surface area contributed by atoms with E-state index in [4.69, 9.17) is 4.74 Å². The van der Waals surface area contributed by atoms with E-state index in [-0.39, 0.29) is 17.6 Å². The summed E-state index contributed by atoms with van der Waals surface area (Å²) in [5, 5.41) is 0. The van der Waals surface area contributed by atoms with E-state index < -0.39 is 0 Å². The SMILES string of the molecule is CC1(c2ccccc2)C=CC(OC2CN(C(c3ccccc3)c3ccccc3)C2)=CC1. The van der Waals surface area contributed by atoms with Gasteiger partial charge in [-0.15, -0.1) is 0 Å². The maximum Gasteiger partial charge on any atom is 0.124 e. The van der Waals surface area contributed by atoms with Crippen LogP contribution >= 0.6 is 0 Å². The van der Waals surface area contributed by atoms with Gasteiger partial charge in [-0.3, -0.25) is 4.90 Å². The van der Waals surface area contributed by atoms with Gasteiger partial charge in [0.25, 0.3) is 0 Å². The molecule has 0 amide bonds. The first-order chi connectivity index (χ1) is 15.2. The third-order valence-electron chi connectivity index (χ3n) is 6.55. The van der Waals surface area contributed by atoms with Gasteiger partial charge in [0.1, 0.15) is 11.9 Å². The van der Waals surface area contributed by atoms with Crippen LogP contribution in [0.4, 0.5) is 0 Å². The Balaban J connectivity index is 1.23. The van der Waals surface area contributed by atoms with Crippen molar-refractivity contribution in [3.05, 3.63) is 132 Å². The minimum absolute atomic E-state index is 0.0471. The van der Waals surface area contributed by atoms with Crippen molar-refractivity contribution < 1.29 is 4.74 Å². The Hall–Kier alpha value is -3.10. The van der Waals surface area contributed by atoms with E-state index in [0.717, 1.165) is 25.3 Å². The third-order valence-corrected chi connectivity index (χ3v) is 6.55. The van der Waals surface area contributed by atoms with E-state index in [1.54, 1.807) is 0 Å². The van der Waals surface area contributed by atoms with Crippen LogP contribution in [0, 0.1) is 0 Å². The number of benzene rings is 3. The topological polar surface area (TPSA) is 12.5 Å². The summed E-state index contributed by atoms with van der Waals surface area (Å²) in [5.74, 6) is 1.01. The highest BCUT2D eigenvalue weighted by molar-refractivity contribution is 5.37. The Kier molecular flexibility index (Phi) is 5.48. The molecule has 1 aliphatic carbocycles. The van der Waals surface area contributed by atoms with Gasteiger partial charge < -0.3 is 4.74 Å². The molecule has 5 rings (SSSR count). The monoisotopic (exact) mass is 407 g/mol. The summed E-state index contributed by atoms with van der Waals surface area (Å²) in [4.78, 5) is 2.51. The van der Waals surface area contributed by atoms with Crippen LogP contribution in [-0.4, -0.2) is 24.1 Å². The molecule has 3 aromatic rings. The molecule has 1 heterocycles. The quantitative estimate of drug-likeness (QED) is 0.477. The second-order valence-corrected chi connectivity index (χ2v) is 8.85. The summed E-state index contributed by atoms with van der Waals surface area (Å²) in [6.45, 7) is 4.17. The van der Waals surface area contributed by atoms with E-state index in [9.17, 15) is 0 Å². The summed E-state index contributed by atoms with van der Waals surface area (Å²) in [6.07, 6.45) is 7.92. The predicted octanol–water partition coefficient (Wildman–Crippen LogP) is 6.28. The smallest absolute Gasteiger partial charge is 0.124 e. The number of likely N-dealkylation sites (tertiary alicyclic amines) is 1. The molecule has 0 saturated carbocycles. The summed E-state index contributed by atoms with van der Waals surface area (Å²) in [7, 11) is 0. The Morgan fingerprint density at radius 3 is 1.87 bits per heavy atom. The summed E-state index contributed by atoms with van der Waals surface area (Å²) >= 11 is 0. The molecule has 1 saturated heterocycles. The molecule has 156 valence electrons. The second-order valence-electron chi connectivity index (χ2n) is 8.85. The third kappa shape index (κ3) is 4.22. The van der Waals surface area contributed by atoms with Crippen molar-refractivity contribution in [2.45, 2.75) is 30.9 Å². The zero-order valence-electron chi connectivity index (χ0n) is 18.0. The lowest BCUT2D eigenvalue weighted by Crippen LogP contribution is -2.53. The molecule has 2 aliphatic rings. The van der Waals surface area contributed by atoms with Gasteiger partial charge in [0.05, 0.1) is 6.04 Å². The first-order valence-corrected chi connectivity index (χ1v) is 11.2. The molecule has 31 heavy (non-hydrogen) atoms. The molecule has 2 heteroatoms. The lowest BCUT2D eigenvalue weighted by Gasteiger charge is -2.44. The van der Waals surface area contributed by atoms with E-state index in [1.165, 1.54) is 16.7 Å². The van der Waals surface area contributed by atoms with E-state index >= 15 is 0 Å². The van der Waals surface area contributed by atoms with Crippen molar-refractivity contribution in [2.75, 3.05) is 13.1 Å². The summed E-state index contributed by atoms with van der Waals surface area (Å²) < 4.78 is 6.34. The molecule has 0 radical (unpaired) electrons. The van der Waals surface area contributed by atoms with Gasteiger partial charge in [-0.2, -0.15) is 0 Å². The average molecular weight is 408 g/mol. The number of allylic oxidation sites excluding steroid dienone is 3. The van der Waals surface area contributed by atoms with Crippen LogP contribution in [0.1, 0.15) is 36.1 Å². The molecule has 2 nitrogen and oxygen atoms in total. The fourth-order valence-corrected chi connectivity index (χ4v) is 4.67. The standard InChI is InChI=1S/C29H29NO/c1-29(25-15-9-4-10-16-25)19-17-26(18-20-29)31-27-21-30(22-27)28(23-11-5-2-6-12-23)24-13-7-3-8-14-24/h2-19,27-28H,20-22H2,1H3. The van der Waals surface area contributed by atoms with Crippen molar-refractivity contribution in [2.24, 2.45) is 0 Å². The highest BCUT2D eigenvalue weighted by atomic mass is 16.5. The van der Waals surface area contributed by atoms with Gasteiger partial charge in [-0.05, 0) is 35.3 Å². The molecular formula is C29H29NO. The predicted molar refractivity (Wildman–Crippen MR) is 127 cm³/mol. The number of hydrogen-bond donors (Lipinski definition) is 0. The van der Waals surface area contributed by atoms with Gasteiger partial charge in [0.2, 0.25) is 0 Å². The number of nitrogens with zero attached hydrogens (tertiary/aromatic N) is 1. The minimum Gasteiger partial charge on any atom is -0.488 e. The van der Waals surface area contributed by atoms with Crippen molar-refractivity contribution in [3.8, 4) is 0 Å². The first kappa shape index (κ1) is 19.8. The summed E-state index contributed by atoms with van der Waals surface area (Å²) in [5.41, 5.74) is 4.07. The van der Waals surface area contributed by atoms with Crippen molar-refractivity contribution >= 4 is 0 Å². The van der Waals surface area contributed by atoms with Gasteiger partial charge in [0.15, 0.2) is 0 Å². The second kappa shape index (κ2) is 8.56. The summed E-state index contributed by atoms with van der Waals surface area (Å²) in [6, 6.07) is 32.6. The molecule has 3 aromatic carbocycles. The fraction of sp³-hybridized carbons (Fsp3) is 0.241. The van der Waals surface area contributed by atoms with Crippen LogP contribution < -0.4 is 0 Å². The average Bonchev–Trinajstić information content (AvgIpc) is 2.81. The van der Waals surface area contributed by atoms with Crippen molar-refractivity contribution in [3.63, 3.8) is 0 Å². The fourth-order valence-electron chi connectivity index (χ4n) is 4.67. The lowest BCUT2D eigenvalue weighted by atomic mass is 9.77. The van der Waals surface area contributed by atoms with Gasteiger partial charge in [-0.1, -0.05) is 104 Å². The number of rotatable bonds is 6.